The number of carbonyl (C=O) groups is 1. The molecule has 140 valence electrons. The predicted octanol–water partition coefficient (Wildman–Crippen LogP) is 3.54. The molecule has 0 spiro atoms. The molecule has 5 heteroatoms. The summed E-state index contributed by atoms with van der Waals surface area (Å²) in [6.07, 6.45) is 6.48. The molecule has 4 aliphatic heterocycles. The average molecular weight is 360 g/mol. The van der Waals surface area contributed by atoms with Crippen molar-refractivity contribution in [3.63, 3.8) is 0 Å². The first kappa shape index (κ1) is 16.7. The zero-order valence-corrected chi connectivity index (χ0v) is 15.0. The molecule has 1 amide bonds. The topological polar surface area (TPSA) is 23.6 Å². The minimum Gasteiger partial charge on any atom is -0.337 e. The second-order valence-corrected chi connectivity index (χ2v) is 8.58. The van der Waals surface area contributed by atoms with Gasteiger partial charge in [0.15, 0.2) is 11.6 Å². The fourth-order valence-corrected chi connectivity index (χ4v) is 6.16. The Bertz CT molecular complexity index is 710. The van der Waals surface area contributed by atoms with E-state index in [9.17, 15) is 13.6 Å². The first-order valence-corrected chi connectivity index (χ1v) is 10.1. The number of nitrogens with zero attached hydrogens (tertiary/aromatic N) is 2. The third-order valence-electron chi connectivity index (χ3n) is 7.36. The van der Waals surface area contributed by atoms with Crippen LogP contribution in [0.2, 0.25) is 0 Å². The number of hydrogen-bond acceptors (Lipinski definition) is 2. The molecule has 5 fully saturated rings. The van der Waals surface area contributed by atoms with Crippen LogP contribution in [0.3, 0.4) is 0 Å². The number of carbonyl (C=O) groups excluding carboxylic acids is 1. The van der Waals surface area contributed by atoms with Crippen molar-refractivity contribution in [1.29, 1.82) is 0 Å². The Kier molecular flexibility index (Phi) is 4.03. The van der Waals surface area contributed by atoms with Crippen LogP contribution >= 0.6 is 0 Å². The number of rotatable bonds is 2. The van der Waals surface area contributed by atoms with Crippen molar-refractivity contribution >= 4 is 5.91 Å². The molecule has 0 N–H and O–H groups in total. The number of piperidine rings is 3. The molecule has 0 radical (unpaired) electrons. The van der Waals surface area contributed by atoms with Gasteiger partial charge in [-0.15, -0.1) is 0 Å². The largest absolute Gasteiger partial charge is 0.337 e. The molecule has 1 aliphatic carbocycles. The number of fused-ring (bicyclic) bond motifs is 2. The molecule has 6 rings (SSSR count). The Morgan fingerprint density at radius 1 is 1.00 bits per heavy atom. The van der Waals surface area contributed by atoms with E-state index < -0.39 is 11.6 Å². The molecule has 3 nitrogen and oxygen atoms in total. The quantitative estimate of drug-likeness (QED) is 0.805. The Hall–Kier alpha value is -1.49. The van der Waals surface area contributed by atoms with Gasteiger partial charge in [0.2, 0.25) is 5.91 Å². The van der Waals surface area contributed by atoms with Gasteiger partial charge in [0.1, 0.15) is 0 Å². The van der Waals surface area contributed by atoms with Crippen LogP contribution in [0.15, 0.2) is 18.2 Å². The van der Waals surface area contributed by atoms with Gasteiger partial charge in [0.05, 0.1) is 6.04 Å². The van der Waals surface area contributed by atoms with Crippen LogP contribution in [0.4, 0.5) is 8.78 Å². The van der Waals surface area contributed by atoms with Gasteiger partial charge in [-0.3, -0.25) is 9.69 Å². The monoisotopic (exact) mass is 360 g/mol. The van der Waals surface area contributed by atoms with Crippen LogP contribution in [-0.2, 0) is 4.79 Å². The molecule has 1 saturated carbocycles. The lowest BCUT2D eigenvalue weighted by atomic mass is 9.75. The molecular weight excluding hydrogens is 334 g/mol. The van der Waals surface area contributed by atoms with E-state index in [0.29, 0.717) is 18.0 Å². The second kappa shape index (κ2) is 6.29. The van der Waals surface area contributed by atoms with E-state index in [2.05, 4.69) is 9.80 Å². The Morgan fingerprint density at radius 3 is 2.46 bits per heavy atom. The highest BCUT2D eigenvalue weighted by Crippen LogP contribution is 2.48. The third-order valence-corrected chi connectivity index (χ3v) is 7.36. The summed E-state index contributed by atoms with van der Waals surface area (Å²) in [5.74, 6) is -0.710. The summed E-state index contributed by atoms with van der Waals surface area (Å²) < 4.78 is 28.5. The van der Waals surface area contributed by atoms with Crippen LogP contribution in [0.1, 0.15) is 50.0 Å². The van der Waals surface area contributed by atoms with Crippen molar-refractivity contribution in [2.24, 2.45) is 11.8 Å². The highest BCUT2D eigenvalue weighted by Gasteiger charge is 2.55. The minimum absolute atomic E-state index is 0.121. The summed E-state index contributed by atoms with van der Waals surface area (Å²) in [4.78, 5) is 17.8. The van der Waals surface area contributed by atoms with Crippen molar-refractivity contribution in [2.45, 2.75) is 56.5 Å². The van der Waals surface area contributed by atoms with Gasteiger partial charge < -0.3 is 4.90 Å². The van der Waals surface area contributed by atoms with Gasteiger partial charge in [-0.2, -0.15) is 0 Å². The maximum atomic E-state index is 14.6. The molecule has 5 aliphatic rings. The molecule has 4 saturated heterocycles. The minimum atomic E-state index is -0.782. The molecular formula is C21H26F2N2O. The summed E-state index contributed by atoms with van der Waals surface area (Å²) in [7, 11) is 0. The highest BCUT2D eigenvalue weighted by atomic mass is 19.2. The van der Waals surface area contributed by atoms with E-state index in [1.165, 1.54) is 6.07 Å². The molecule has 26 heavy (non-hydrogen) atoms. The molecule has 0 aromatic heterocycles. The van der Waals surface area contributed by atoms with E-state index in [-0.39, 0.29) is 29.8 Å². The summed E-state index contributed by atoms with van der Waals surface area (Å²) in [6.45, 7) is 2.58. The number of likely N-dealkylation sites (tertiary alicyclic amines) is 1. The van der Waals surface area contributed by atoms with Gasteiger partial charge >= 0.3 is 0 Å². The molecule has 1 aromatic carbocycles. The van der Waals surface area contributed by atoms with Gasteiger partial charge in [-0.05, 0) is 56.3 Å². The zero-order valence-electron chi connectivity index (χ0n) is 15.0. The maximum Gasteiger partial charge on any atom is 0.226 e. The second-order valence-electron chi connectivity index (χ2n) is 8.58. The molecule has 3 atom stereocenters. The number of hydrogen-bond donors (Lipinski definition) is 0. The smallest absolute Gasteiger partial charge is 0.226 e. The fourth-order valence-electron chi connectivity index (χ4n) is 6.16. The summed E-state index contributed by atoms with van der Waals surface area (Å²) in [5, 5.41) is 0. The SMILES string of the molecule is O=C(C1CCCC1)N1C[C@H](c2cccc(F)c2F)[C@@H]2[C@H]1C1CCN2CC1. The van der Waals surface area contributed by atoms with Gasteiger partial charge in [-0.1, -0.05) is 25.0 Å². The van der Waals surface area contributed by atoms with Gasteiger partial charge in [-0.25, -0.2) is 8.78 Å². The Labute approximate surface area is 153 Å². The van der Waals surface area contributed by atoms with E-state index in [0.717, 1.165) is 51.6 Å². The summed E-state index contributed by atoms with van der Waals surface area (Å²) in [5.41, 5.74) is 0.453. The van der Waals surface area contributed by atoms with E-state index in [1.807, 2.05) is 0 Å². The number of halogens is 2. The first-order chi connectivity index (χ1) is 12.6. The lowest BCUT2D eigenvalue weighted by molar-refractivity contribution is -0.140. The van der Waals surface area contributed by atoms with Crippen molar-refractivity contribution in [3.8, 4) is 0 Å². The first-order valence-electron chi connectivity index (χ1n) is 10.1. The molecule has 0 unspecified atom stereocenters. The van der Waals surface area contributed by atoms with E-state index in [4.69, 9.17) is 0 Å². The standard InChI is InChI=1S/C21H26F2N2O/c22-17-7-3-6-15(18(17)23)16-12-25(21(26)14-4-1-2-5-14)19-13-8-10-24(11-9-13)20(16)19/h3,6-7,13-14,16,19-20H,1-2,4-5,8-12H2/t16-,19-,20-/m1/s1. The Balaban J connectivity index is 1.52. The number of amides is 1. The van der Waals surface area contributed by atoms with Crippen molar-refractivity contribution in [2.75, 3.05) is 19.6 Å². The lowest BCUT2D eigenvalue weighted by Crippen LogP contribution is -2.61. The molecule has 2 bridgehead atoms. The molecule has 4 heterocycles. The maximum absolute atomic E-state index is 14.6. The normalized spacial score (nSPS) is 36.5. The van der Waals surface area contributed by atoms with E-state index in [1.54, 1.807) is 12.1 Å². The highest BCUT2D eigenvalue weighted by molar-refractivity contribution is 5.80. The Morgan fingerprint density at radius 2 is 1.73 bits per heavy atom. The fraction of sp³-hybridized carbons (Fsp3) is 0.667. The van der Waals surface area contributed by atoms with Crippen molar-refractivity contribution in [3.05, 3.63) is 35.4 Å². The predicted molar refractivity (Wildman–Crippen MR) is 94.6 cm³/mol. The number of benzene rings is 1. The van der Waals surface area contributed by atoms with Gasteiger partial charge in [0, 0.05) is 24.4 Å². The van der Waals surface area contributed by atoms with E-state index >= 15 is 0 Å². The lowest BCUT2D eigenvalue weighted by Gasteiger charge is -2.51. The third kappa shape index (κ3) is 2.43. The van der Waals surface area contributed by atoms with Crippen molar-refractivity contribution in [1.82, 2.24) is 9.80 Å². The summed E-state index contributed by atoms with van der Waals surface area (Å²) >= 11 is 0. The van der Waals surface area contributed by atoms with Crippen LogP contribution in [0.25, 0.3) is 0 Å². The van der Waals surface area contributed by atoms with Gasteiger partial charge in [0.25, 0.3) is 0 Å². The van der Waals surface area contributed by atoms with Crippen LogP contribution in [0.5, 0.6) is 0 Å². The van der Waals surface area contributed by atoms with Crippen molar-refractivity contribution < 1.29 is 13.6 Å². The van der Waals surface area contributed by atoms with Crippen LogP contribution in [0, 0.1) is 23.5 Å². The molecule has 1 aromatic rings. The average Bonchev–Trinajstić information content (AvgIpc) is 3.33. The summed E-state index contributed by atoms with van der Waals surface area (Å²) in [6, 6.07) is 4.82. The van der Waals surface area contributed by atoms with Crippen LogP contribution < -0.4 is 0 Å². The van der Waals surface area contributed by atoms with Crippen LogP contribution in [-0.4, -0.2) is 47.4 Å². The zero-order chi connectivity index (χ0) is 17.8.